The third-order valence-electron chi connectivity index (χ3n) is 3.37. The fraction of sp³-hybridized carbons (Fsp3) is 0.533. The summed E-state index contributed by atoms with van der Waals surface area (Å²) in [5.74, 6) is 1.68. The van der Waals surface area contributed by atoms with Gasteiger partial charge < -0.3 is 26.9 Å². The van der Waals surface area contributed by atoms with E-state index in [1.807, 2.05) is 29.2 Å². The van der Waals surface area contributed by atoms with E-state index in [1.165, 1.54) is 5.56 Å². The molecule has 0 spiro atoms. The molecule has 1 saturated heterocycles. The van der Waals surface area contributed by atoms with Gasteiger partial charge in [0.15, 0.2) is 0 Å². The van der Waals surface area contributed by atoms with Gasteiger partial charge in [0.1, 0.15) is 11.1 Å². The molecule has 21 heavy (non-hydrogen) atoms. The van der Waals surface area contributed by atoms with Crippen molar-refractivity contribution in [3.05, 3.63) is 29.8 Å². The Morgan fingerprint density at radius 2 is 2.00 bits per heavy atom. The number of hydrogen-bond acceptors (Lipinski definition) is 4. The number of thioether (sulfide) groups is 1. The van der Waals surface area contributed by atoms with Crippen molar-refractivity contribution in [1.29, 1.82) is 0 Å². The molecule has 4 nitrogen and oxygen atoms in total. The second-order valence-electron chi connectivity index (χ2n) is 5.18. The van der Waals surface area contributed by atoms with E-state index in [0.29, 0.717) is 5.75 Å². The first kappa shape index (κ1) is 18.1. The Balaban J connectivity index is 0.00000220. The van der Waals surface area contributed by atoms with Crippen LogP contribution >= 0.6 is 11.8 Å². The summed E-state index contributed by atoms with van der Waals surface area (Å²) in [6.07, 6.45) is 1.01. The zero-order valence-electron chi connectivity index (χ0n) is 12.7. The maximum atomic E-state index is 12.0. The number of methoxy groups -OCH3 is 1. The molecule has 6 heteroatoms. The van der Waals surface area contributed by atoms with Crippen LogP contribution in [0.3, 0.4) is 0 Å². The molecule has 0 N–H and O–H groups in total. The monoisotopic (exact) mass is 329 g/mol. The second-order valence-corrected chi connectivity index (χ2v) is 6.25. The highest BCUT2D eigenvalue weighted by Crippen LogP contribution is 2.38. The van der Waals surface area contributed by atoms with E-state index in [2.05, 4.69) is 19.0 Å². The van der Waals surface area contributed by atoms with Crippen LogP contribution in [0.2, 0.25) is 0 Å². The summed E-state index contributed by atoms with van der Waals surface area (Å²) >= 11 is 1.71. The van der Waals surface area contributed by atoms with Crippen LogP contribution in [0, 0.1) is 0 Å². The van der Waals surface area contributed by atoms with Crippen molar-refractivity contribution in [1.82, 2.24) is 9.80 Å². The van der Waals surface area contributed by atoms with Crippen molar-refractivity contribution in [2.24, 2.45) is 0 Å². The summed E-state index contributed by atoms with van der Waals surface area (Å²) in [7, 11) is 5.78. The number of halogens is 1. The predicted octanol–water partition coefficient (Wildman–Crippen LogP) is -0.775. The standard InChI is InChI=1S/C15H22N2O2S.ClH/c1-16(2)9-4-10-17-14(18)11-20-15(17)12-5-7-13(19-3)8-6-12;/h5-8,15H,4,9-11H2,1-3H3;1H/p-1. The van der Waals surface area contributed by atoms with Crippen LogP contribution < -0.4 is 17.1 Å². The SMILES string of the molecule is COc1ccc(C2SCC(=O)N2CCCN(C)C)cc1.[Cl-]. The van der Waals surface area contributed by atoms with E-state index < -0.39 is 0 Å². The summed E-state index contributed by atoms with van der Waals surface area (Å²) in [5.41, 5.74) is 1.17. The number of amides is 1. The molecule has 0 saturated carbocycles. The van der Waals surface area contributed by atoms with Crippen LogP contribution in [0.4, 0.5) is 0 Å². The minimum absolute atomic E-state index is 0. The molecule has 1 unspecified atom stereocenters. The van der Waals surface area contributed by atoms with Gasteiger partial charge in [-0.15, -0.1) is 11.8 Å². The smallest absolute Gasteiger partial charge is 0.233 e. The molecule has 1 aliphatic rings. The van der Waals surface area contributed by atoms with Crippen molar-refractivity contribution in [2.75, 3.05) is 40.0 Å². The lowest BCUT2D eigenvalue weighted by Crippen LogP contribution is -3.00. The largest absolute Gasteiger partial charge is 1.00 e. The van der Waals surface area contributed by atoms with Gasteiger partial charge in [-0.3, -0.25) is 4.79 Å². The zero-order valence-corrected chi connectivity index (χ0v) is 14.3. The zero-order chi connectivity index (χ0) is 14.5. The average molecular weight is 330 g/mol. The van der Waals surface area contributed by atoms with E-state index in [0.717, 1.165) is 25.3 Å². The third-order valence-corrected chi connectivity index (χ3v) is 4.63. The summed E-state index contributed by atoms with van der Waals surface area (Å²) < 4.78 is 5.18. The number of ether oxygens (including phenoxy) is 1. The van der Waals surface area contributed by atoms with Crippen LogP contribution in [0.1, 0.15) is 17.4 Å². The maximum absolute atomic E-state index is 12.0. The number of carbonyl (C=O) groups is 1. The Kier molecular flexibility index (Phi) is 7.35. The molecule has 0 aromatic heterocycles. The lowest BCUT2D eigenvalue weighted by molar-refractivity contribution is -0.128. The molecule has 0 aliphatic carbocycles. The summed E-state index contributed by atoms with van der Waals surface area (Å²) in [4.78, 5) is 16.2. The molecule has 1 heterocycles. The highest BCUT2D eigenvalue weighted by atomic mass is 35.5. The van der Waals surface area contributed by atoms with Gasteiger partial charge in [-0.25, -0.2) is 0 Å². The molecule has 2 rings (SSSR count). The molecule has 118 valence electrons. The minimum atomic E-state index is 0. The van der Waals surface area contributed by atoms with E-state index in [4.69, 9.17) is 4.74 Å². The van der Waals surface area contributed by atoms with E-state index >= 15 is 0 Å². The molecule has 1 aromatic carbocycles. The Labute approximate surface area is 137 Å². The van der Waals surface area contributed by atoms with Gasteiger partial charge >= 0.3 is 0 Å². The van der Waals surface area contributed by atoms with Gasteiger partial charge in [-0.1, -0.05) is 12.1 Å². The Morgan fingerprint density at radius 3 is 2.57 bits per heavy atom. The van der Waals surface area contributed by atoms with Gasteiger partial charge in [-0.05, 0) is 44.8 Å². The molecule has 1 atom stereocenters. The highest BCUT2D eigenvalue weighted by molar-refractivity contribution is 8.00. The molecule has 0 radical (unpaired) electrons. The minimum Gasteiger partial charge on any atom is -1.00 e. The van der Waals surface area contributed by atoms with E-state index in [1.54, 1.807) is 18.9 Å². The Hall–Kier alpha value is -0.910. The average Bonchev–Trinajstić information content (AvgIpc) is 2.80. The second kappa shape index (κ2) is 8.51. The fourth-order valence-electron chi connectivity index (χ4n) is 2.30. The fourth-order valence-corrected chi connectivity index (χ4v) is 3.52. The number of nitrogens with zero attached hydrogens (tertiary/aromatic N) is 2. The molecular formula is C15H22ClN2O2S-. The van der Waals surface area contributed by atoms with Crippen molar-refractivity contribution in [2.45, 2.75) is 11.8 Å². The first-order valence-corrected chi connectivity index (χ1v) is 7.86. The Bertz CT molecular complexity index is 453. The predicted molar refractivity (Wildman–Crippen MR) is 83.1 cm³/mol. The molecular weight excluding hydrogens is 308 g/mol. The summed E-state index contributed by atoms with van der Waals surface area (Å²) in [6.45, 7) is 1.82. The number of rotatable bonds is 6. The summed E-state index contributed by atoms with van der Waals surface area (Å²) in [6, 6.07) is 8.01. The quantitative estimate of drug-likeness (QED) is 0.686. The topological polar surface area (TPSA) is 32.8 Å². The molecule has 1 amide bonds. The van der Waals surface area contributed by atoms with Gasteiger partial charge in [0.2, 0.25) is 5.91 Å². The van der Waals surface area contributed by atoms with Crippen LogP contribution in [0.25, 0.3) is 0 Å². The number of hydrogen-bond donors (Lipinski definition) is 0. The first-order chi connectivity index (χ1) is 9.61. The normalized spacial score (nSPS) is 18.0. The molecule has 0 bridgehead atoms. The maximum Gasteiger partial charge on any atom is 0.233 e. The molecule has 1 fully saturated rings. The van der Waals surface area contributed by atoms with Crippen LogP contribution in [-0.2, 0) is 4.79 Å². The number of benzene rings is 1. The van der Waals surface area contributed by atoms with Gasteiger partial charge in [0.05, 0.1) is 12.9 Å². The lowest BCUT2D eigenvalue weighted by atomic mass is 10.2. The third kappa shape index (κ3) is 4.80. The molecule has 1 aromatic rings. The van der Waals surface area contributed by atoms with Crippen LogP contribution in [0.15, 0.2) is 24.3 Å². The van der Waals surface area contributed by atoms with E-state index in [-0.39, 0.29) is 23.7 Å². The first-order valence-electron chi connectivity index (χ1n) is 6.81. The van der Waals surface area contributed by atoms with Crippen LogP contribution in [0.5, 0.6) is 5.75 Å². The number of carbonyl (C=O) groups excluding carboxylic acids is 1. The van der Waals surface area contributed by atoms with Gasteiger partial charge in [0.25, 0.3) is 0 Å². The van der Waals surface area contributed by atoms with Gasteiger partial charge in [-0.2, -0.15) is 0 Å². The van der Waals surface area contributed by atoms with Crippen LogP contribution in [-0.4, -0.2) is 55.8 Å². The lowest BCUT2D eigenvalue weighted by Gasteiger charge is -2.25. The van der Waals surface area contributed by atoms with Crippen molar-refractivity contribution in [3.8, 4) is 5.75 Å². The Morgan fingerprint density at radius 1 is 1.33 bits per heavy atom. The summed E-state index contributed by atoms with van der Waals surface area (Å²) in [5, 5.41) is 0.149. The molecule has 1 aliphatic heterocycles. The van der Waals surface area contributed by atoms with Crippen molar-refractivity contribution < 1.29 is 21.9 Å². The van der Waals surface area contributed by atoms with Crippen molar-refractivity contribution >= 4 is 17.7 Å². The van der Waals surface area contributed by atoms with Gasteiger partial charge in [0, 0.05) is 6.54 Å². The highest BCUT2D eigenvalue weighted by Gasteiger charge is 2.32. The van der Waals surface area contributed by atoms with E-state index in [9.17, 15) is 4.79 Å². The van der Waals surface area contributed by atoms with Crippen molar-refractivity contribution in [3.63, 3.8) is 0 Å².